The lowest BCUT2D eigenvalue weighted by Crippen LogP contribution is -2.31. The van der Waals surface area contributed by atoms with Gasteiger partial charge in [0.25, 0.3) is 0 Å². The first-order valence-corrected chi connectivity index (χ1v) is 8.03. The molecule has 0 aromatic heterocycles. The summed E-state index contributed by atoms with van der Waals surface area (Å²) in [6.45, 7) is 4.04. The van der Waals surface area contributed by atoms with Gasteiger partial charge in [-0.2, -0.15) is 0 Å². The van der Waals surface area contributed by atoms with Crippen LogP contribution in [0.15, 0.2) is 29.2 Å². The van der Waals surface area contributed by atoms with E-state index in [1.165, 1.54) is 0 Å². The molecule has 3 N–H and O–H groups in total. The molecule has 0 unspecified atom stereocenters. The average molecular weight is 286 g/mol. The molecule has 0 aliphatic rings. The highest BCUT2D eigenvalue weighted by atomic mass is 32.2. The Balaban J connectivity index is 2.69. The smallest absolute Gasteiger partial charge is 0.179 e. The van der Waals surface area contributed by atoms with Crippen LogP contribution in [0.5, 0.6) is 0 Å². The first-order valence-electron chi connectivity index (χ1n) is 6.38. The van der Waals surface area contributed by atoms with Crippen LogP contribution in [0.4, 0.5) is 0 Å². The summed E-state index contributed by atoms with van der Waals surface area (Å²) in [6, 6.07) is 6.66. The summed E-state index contributed by atoms with van der Waals surface area (Å²) in [5.41, 5.74) is 6.39. The summed E-state index contributed by atoms with van der Waals surface area (Å²) in [5, 5.41) is 8.87. The largest absolute Gasteiger partial charge is 0.395 e. The Kier molecular flexibility index (Phi) is 6.44. The third kappa shape index (κ3) is 4.91. The Morgan fingerprint density at radius 2 is 1.84 bits per heavy atom. The first-order chi connectivity index (χ1) is 9.03. The second kappa shape index (κ2) is 7.59. The standard InChI is InChI=1S/C13H22N2O3S/c1-2-15(7-9-16)8-10-19(17,18)13-5-3-12(11-14)4-6-13/h3-6,16H,2,7-11,14H2,1H3. The van der Waals surface area contributed by atoms with E-state index < -0.39 is 9.84 Å². The minimum atomic E-state index is -3.27. The van der Waals surface area contributed by atoms with Crippen LogP contribution in [0.2, 0.25) is 0 Å². The van der Waals surface area contributed by atoms with Gasteiger partial charge in [0.05, 0.1) is 17.3 Å². The van der Waals surface area contributed by atoms with Gasteiger partial charge in [-0.1, -0.05) is 19.1 Å². The van der Waals surface area contributed by atoms with Gasteiger partial charge in [0.2, 0.25) is 0 Å². The van der Waals surface area contributed by atoms with Gasteiger partial charge in [-0.05, 0) is 24.2 Å². The number of likely N-dealkylation sites (N-methyl/N-ethyl adjacent to an activating group) is 1. The molecular formula is C13H22N2O3S. The number of aliphatic hydroxyl groups excluding tert-OH is 1. The molecule has 108 valence electrons. The third-order valence-corrected chi connectivity index (χ3v) is 4.77. The topological polar surface area (TPSA) is 83.6 Å². The molecule has 1 rings (SSSR count). The van der Waals surface area contributed by atoms with E-state index in [0.29, 0.717) is 24.5 Å². The fourth-order valence-corrected chi connectivity index (χ4v) is 3.05. The Bertz CT molecular complexity index is 471. The molecule has 0 radical (unpaired) electrons. The van der Waals surface area contributed by atoms with E-state index in [9.17, 15) is 8.42 Å². The van der Waals surface area contributed by atoms with Gasteiger partial charge < -0.3 is 15.7 Å². The summed E-state index contributed by atoms with van der Waals surface area (Å²) in [7, 11) is -3.27. The number of sulfone groups is 1. The Morgan fingerprint density at radius 1 is 1.21 bits per heavy atom. The van der Waals surface area contributed by atoms with Crippen molar-refractivity contribution in [2.24, 2.45) is 5.73 Å². The lowest BCUT2D eigenvalue weighted by Gasteiger charge is -2.18. The molecule has 0 fully saturated rings. The summed E-state index contributed by atoms with van der Waals surface area (Å²) in [5.74, 6) is 0.0583. The summed E-state index contributed by atoms with van der Waals surface area (Å²) in [6.07, 6.45) is 0. The van der Waals surface area contributed by atoms with E-state index in [4.69, 9.17) is 10.8 Å². The second-order valence-corrected chi connectivity index (χ2v) is 6.43. The van der Waals surface area contributed by atoms with Gasteiger partial charge in [-0.15, -0.1) is 0 Å². The predicted molar refractivity (Wildman–Crippen MR) is 75.6 cm³/mol. The van der Waals surface area contributed by atoms with E-state index in [2.05, 4.69) is 0 Å². The van der Waals surface area contributed by atoms with Crippen molar-refractivity contribution in [2.75, 3.05) is 32.0 Å². The predicted octanol–water partition coefficient (Wildman–Crippen LogP) is 0.233. The molecule has 0 saturated carbocycles. The number of nitrogens with two attached hydrogens (primary N) is 1. The molecule has 0 amide bonds. The highest BCUT2D eigenvalue weighted by Crippen LogP contribution is 2.12. The number of hydrogen-bond acceptors (Lipinski definition) is 5. The maximum absolute atomic E-state index is 12.1. The van der Waals surface area contributed by atoms with Crippen LogP contribution in [0, 0.1) is 0 Å². The number of rotatable bonds is 8. The van der Waals surface area contributed by atoms with Crippen LogP contribution in [0.1, 0.15) is 12.5 Å². The fraction of sp³-hybridized carbons (Fsp3) is 0.538. The maximum atomic E-state index is 12.1. The molecule has 5 nitrogen and oxygen atoms in total. The van der Waals surface area contributed by atoms with E-state index in [0.717, 1.165) is 12.1 Å². The summed E-state index contributed by atoms with van der Waals surface area (Å²) < 4.78 is 24.3. The molecule has 0 heterocycles. The highest BCUT2D eigenvalue weighted by Gasteiger charge is 2.15. The maximum Gasteiger partial charge on any atom is 0.179 e. The lowest BCUT2D eigenvalue weighted by molar-refractivity contribution is 0.209. The summed E-state index contributed by atoms with van der Waals surface area (Å²) in [4.78, 5) is 2.23. The molecule has 6 heteroatoms. The first kappa shape index (κ1) is 16.1. The zero-order valence-electron chi connectivity index (χ0n) is 11.2. The third-order valence-electron chi connectivity index (χ3n) is 3.06. The monoisotopic (exact) mass is 286 g/mol. The van der Waals surface area contributed by atoms with Gasteiger partial charge >= 0.3 is 0 Å². The van der Waals surface area contributed by atoms with Gasteiger partial charge in [-0.3, -0.25) is 0 Å². The quantitative estimate of drug-likeness (QED) is 0.715. The highest BCUT2D eigenvalue weighted by molar-refractivity contribution is 7.91. The van der Waals surface area contributed by atoms with E-state index >= 15 is 0 Å². The lowest BCUT2D eigenvalue weighted by atomic mass is 10.2. The Morgan fingerprint density at radius 3 is 2.32 bits per heavy atom. The average Bonchev–Trinajstić information content (AvgIpc) is 2.43. The van der Waals surface area contributed by atoms with Crippen molar-refractivity contribution in [2.45, 2.75) is 18.4 Å². The molecule has 0 aliphatic carbocycles. The van der Waals surface area contributed by atoms with Crippen molar-refractivity contribution in [1.29, 1.82) is 0 Å². The van der Waals surface area contributed by atoms with Crippen LogP contribution in [0.25, 0.3) is 0 Å². The number of benzene rings is 1. The van der Waals surface area contributed by atoms with Gasteiger partial charge in [-0.25, -0.2) is 8.42 Å². The molecule has 19 heavy (non-hydrogen) atoms. The van der Waals surface area contributed by atoms with E-state index in [-0.39, 0.29) is 12.4 Å². The molecule has 0 bridgehead atoms. The molecule has 0 spiro atoms. The minimum absolute atomic E-state index is 0.0408. The molecule has 0 atom stereocenters. The van der Waals surface area contributed by atoms with Crippen LogP contribution in [-0.2, 0) is 16.4 Å². The van der Waals surface area contributed by atoms with Crippen LogP contribution in [0.3, 0.4) is 0 Å². The molecular weight excluding hydrogens is 264 g/mol. The van der Waals surface area contributed by atoms with Crippen molar-refractivity contribution < 1.29 is 13.5 Å². The van der Waals surface area contributed by atoms with Crippen LogP contribution < -0.4 is 5.73 Å². The van der Waals surface area contributed by atoms with Gasteiger partial charge in [0.1, 0.15) is 0 Å². The molecule has 0 aliphatic heterocycles. The minimum Gasteiger partial charge on any atom is -0.395 e. The molecule has 0 saturated heterocycles. The van der Waals surface area contributed by atoms with Crippen molar-refractivity contribution in [1.82, 2.24) is 4.90 Å². The SMILES string of the molecule is CCN(CCO)CCS(=O)(=O)c1ccc(CN)cc1. The van der Waals surface area contributed by atoms with Crippen molar-refractivity contribution in [3.05, 3.63) is 29.8 Å². The van der Waals surface area contributed by atoms with Crippen molar-refractivity contribution in [3.8, 4) is 0 Å². The normalized spacial score (nSPS) is 12.0. The van der Waals surface area contributed by atoms with Crippen molar-refractivity contribution in [3.63, 3.8) is 0 Å². The van der Waals surface area contributed by atoms with Crippen molar-refractivity contribution >= 4 is 9.84 Å². The Hall–Kier alpha value is -0.950. The zero-order chi connectivity index (χ0) is 14.3. The van der Waals surface area contributed by atoms with Gasteiger partial charge in [0, 0.05) is 19.6 Å². The number of nitrogens with zero attached hydrogens (tertiary/aromatic N) is 1. The number of hydrogen-bond donors (Lipinski definition) is 2. The van der Waals surface area contributed by atoms with E-state index in [1.807, 2.05) is 11.8 Å². The number of aliphatic hydroxyl groups is 1. The van der Waals surface area contributed by atoms with Crippen LogP contribution in [-0.4, -0.2) is 50.4 Å². The molecule has 1 aromatic rings. The van der Waals surface area contributed by atoms with Gasteiger partial charge in [0.15, 0.2) is 9.84 Å². The second-order valence-electron chi connectivity index (χ2n) is 4.32. The Labute approximate surface area is 115 Å². The van der Waals surface area contributed by atoms with Crippen LogP contribution >= 0.6 is 0 Å². The summed E-state index contributed by atoms with van der Waals surface area (Å²) >= 11 is 0. The fourth-order valence-electron chi connectivity index (χ4n) is 1.77. The van der Waals surface area contributed by atoms with E-state index in [1.54, 1.807) is 24.3 Å². The zero-order valence-corrected chi connectivity index (χ0v) is 12.1. The molecule has 1 aromatic carbocycles.